The van der Waals surface area contributed by atoms with Crippen molar-refractivity contribution in [3.05, 3.63) is 22.2 Å². The molecule has 0 aliphatic carbocycles. The largest absolute Gasteiger partial charge is 0.454 e. The number of benzene rings is 1. The average Bonchev–Trinajstić information content (AvgIpc) is 2.51. The van der Waals surface area contributed by atoms with E-state index >= 15 is 0 Å². The van der Waals surface area contributed by atoms with Crippen LogP contribution in [0.1, 0.15) is 5.56 Å². The Labute approximate surface area is 91.6 Å². The van der Waals surface area contributed by atoms with Gasteiger partial charge in [0.05, 0.1) is 5.75 Å². The van der Waals surface area contributed by atoms with Crippen molar-refractivity contribution in [3.8, 4) is 11.5 Å². The van der Waals surface area contributed by atoms with E-state index in [1.807, 2.05) is 0 Å². The average molecular weight is 279 g/mol. The summed E-state index contributed by atoms with van der Waals surface area (Å²) in [6.07, 6.45) is 0. The molecule has 76 valence electrons. The maximum atomic E-state index is 10.6. The number of fused-ring (bicyclic) bond motifs is 1. The lowest BCUT2D eigenvalue weighted by atomic mass is 10.2. The van der Waals surface area contributed by atoms with Crippen LogP contribution in [-0.4, -0.2) is 15.6 Å². The Morgan fingerprint density at radius 3 is 2.71 bits per heavy atom. The smallest absolute Gasteiger partial charge is 0.231 e. The summed E-state index contributed by atoms with van der Waals surface area (Å²) < 4.78 is 30.5. The standard InChI is InChI=1S/C8H7BrO4S/c9-6-2-8-7(12-4-13-8)1-5(6)3-14(10)11/h1-2H,3-4H2,(H,10,11). The number of ether oxygens (including phenoxy) is 2. The van der Waals surface area contributed by atoms with Gasteiger partial charge in [-0.15, -0.1) is 0 Å². The predicted molar refractivity (Wildman–Crippen MR) is 54.7 cm³/mol. The Morgan fingerprint density at radius 1 is 1.43 bits per heavy atom. The SMILES string of the molecule is O=S(O)Cc1cc2c(cc1Br)OCO2. The topological polar surface area (TPSA) is 55.8 Å². The molecule has 1 aromatic carbocycles. The Morgan fingerprint density at radius 2 is 2.07 bits per heavy atom. The van der Waals surface area contributed by atoms with Crippen LogP contribution in [-0.2, 0) is 16.8 Å². The molecule has 1 atom stereocenters. The molecule has 1 N–H and O–H groups in total. The number of halogens is 1. The first-order valence-corrected chi connectivity index (χ1v) is 5.89. The monoisotopic (exact) mass is 278 g/mol. The van der Waals surface area contributed by atoms with Crippen LogP contribution in [0.3, 0.4) is 0 Å². The third kappa shape index (κ3) is 1.92. The lowest BCUT2D eigenvalue weighted by molar-refractivity contribution is 0.174. The van der Waals surface area contributed by atoms with Crippen molar-refractivity contribution in [2.24, 2.45) is 0 Å². The highest BCUT2D eigenvalue weighted by Gasteiger charge is 2.16. The van der Waals surface area contributed by atoms with Crippen LogP contribution >= 0.6 is 15.9 Å². The molecule has 4 nitrogen and oxygen atoms in total. The molecule has 0 saturated carbocycles. The molecule has 1 unspecified atom stereocenters. The van der Waals surface area contributed by atoms with Crippen LogP contribution in [0.4, 0.5) is 0 Å². The van der Waals surface area contributed by atoms with Gasteiger partial charge in [-0.05, 0) is 17.7 Å². The first-order chi connectivity index (χ1) is 6.66. The van der Waals surface area contributed by atoms with Crippen LogP contribution in [0.15, 0.2) is 16.6 Å². The third-order valence-electron chi connectivity index (χ3n) is 1.82. The zero-order valence-corrected chi connectivity index (χ0v) is 9.43. The van der Waals surface area contributed by atoms with Crippen molar-refractivity contribution in [3.63, 3.8) is 0 Å². The van der Waals surface area contributed by atoms with Crippen LogP contribution in [0.5, 0.6) is 11.5 Å². The molecule has 1 aliphatic rings. The van der Waals surface area contributed by atoms with Crippen molar-refractivity contribution >= 4 is 27.0 Å². The van der Waals surface area contributed by atoms with Gasteiger partial charge in [0.1, 0.15) is 0 Å². The second-order valence-corrected chi connectivity index (χ2v) is 4.55. The van der Waals surface area contributed by atoms with E-state index < -0.39 is 11.1 Å². The van der Waals surface area contributed by atoms with E-state index in [9.17, 15) is 4.21 Å². The van der Waals surface area contributed by atoms with Gasteiger partial charge in [0, 0.05) is 4.47 Å². The van der Waals surface area contributed by atoms with Gasteiger partial charge in [-0.1, -0.05) is 15.9 Å². The van der Waals surface area contributed by atoms with Crippen molar-refractivity contribution < 1.29 is 18.2 Å². The summed E-state index contributed by atoms with van der Waals surface area (Å²) in [5, 5.41) is 0. The number of hydrogen-bond donors (Lipinski definition) is 1. The molecule has 1 heterocycles. The van der Waals surface area contributed by atoms with Crippen molar-refractivity contribution in [2.45, 2.75) is 5.75 Å². The van der Waals surface area contributed by atoms with Gasteiger partial charge in [-0.25, -0.2) is 4.21 Å². The van der Waals surface area contributed by atoms with E-state index in [1.165, 1.54) is 0 Å². The minimum atomic E-state index is -1.85. The van der Waals surface area contributed by atoms with Gasteiger partial charge in [0.25, 0.3) is 0 Å². The molecule has 2 rings (SSSR count). The first kappa shape index (κ1) is 9.95. The van der Waals surface area contributed by atoms with Crippen molar-refractivity contribution in [1.29, 1.82) is 0 Å². The van der Waals surface area contributed by atoms with Gasteiger partial charge in [0.2, 0.25) is 6.79 Å². The highest BCUT2D eigenvalue weighted by molar-refractivity contribution is 9.10. The van der Waals surface area contributed by atoms with Crippen molar-refractivity contribution in [1.82, 2.24) is 0 Å². The van der Waals surface area contributed by atoms with Gasteiger partial charge in [0.15, 0.2) is 22.6 Å². The second kappa shape index (κ2) is 3.88. The molecule has 0 amide bonds. The molecular weight excluding hydrogens is 272 g/mol. The fraction of sp³-hybridized carbons (Fsp3) is 0.250. The van der Waals surface area contributed by atoms with E-state index in [2.05, 4.69) is 15.9 Å². The predicted octanol–water partition coefficient (Wildman–Crippen LogP) is 1.90. The number of hydrogen-bond acceptors (Lipinski definition) is 3. The summed E-state index contributed by atoms with van der Waals surface area (Å²) in [6, 6.07) is 3.45. The van der Waals surface area contributed by atoms with Crippen LogP contribution in [0.2, 0.25) is 0 Å². The maximum absolute atomic E-state index is 10.6. The van der Waals surface area contributed by atoms with Crippen LogP contribution in [0, 0.1) is 0 Å². The minimum absolute atomic E-state index is 0.0806. The van der Waals surface area contributed by atoms with E-state index in [4.69, 9.17) is 14.0 Å². The van der Waals surface area contributed by atoms with Gasteiger partial charge in [-0.3, -0.25) is 0 Å². The Bertz CT molecular complexity index is 393. The highest BCUT2D eigenvalue weighted by atomic mass is 79.9. The highest BCUT2D eigenvalue weighted by Crippen LogP contribution is 2.37. The summed E-state index contributed by atoms with van der Waals surface area (Å²) >= 11 is 1.45. The summed E-state index contributed by atoms with van der Waals surface area (Å²) in [5.41, 5.74) is 0.732. The van der Waals surface area contributed by atoms with Crippen LogP contribution in [0.25, 0.3) is 0 Å². The second-order valence-electron chi connectivity index (χ2n) is 2.76. The normalized spacial score (nSPS) is 15.6. The molecule has 1 aromatic rings. The molecule has 0 saturated heterocycles. The summed E-state index contributed by atoms with van der Waals surface area (Å²) in [5.74, 6) is 1.36. The van der Waals surface area contributed by atoms with Gasteiger partial charge < -0.3 is 14.0 Å². The Kier molecular flexibility index (Phi) is 2.76. The zero-order chi connectivity index (χ0) is 10.1. The van der Waals surface area contributed by atoms with Gasteiger partial charge in [-0.2, -0.15) is 0 Å². The Hall–Kier alpha value is -0.590. The van der Waals surface area contributed by atoms with Gasteiger partial charge >= 0.3 is 0 Å². The molecule has 1 aliphatic heterocycles. The third-order valence-corrected chi connectivity index (χ3v) is 3.12. The molecule has 0 spiro atoms. The summed E-state index contributed by atoms with van der Waals surface area (Å²) in [6.45, 7) is 0.202. The van der Waals surface area contributed by atoms with E-state index in [0.717, 1.165) is 10.0 Å². The lowest BCUT2D eigenvalue weighted by Crippen LogP contribution is -1.94. The minimum Gasteiger partial charge on any atom is -0.454 e. The van der Waals surface area contributed by atoms with Crippen molar-refractivity contribution in [2.75, 3.05) is 6.79 Å². The zero-order valence-electron chi connectivity index (χ0n) is 7.03. The lowest BCUT2D eigenvalue weighted by Gasteiger charge is -2.03. The molecule has 0 radical (unpaired) electrons. The van der Waals surface area contributed by atoms with E-state index in [1.54, 1.807) is 12.1 Å². The summed E-state index contributed by atoms with van der Waals surface area (Å²) in [7, 11) is 0. The maximum Gasteiger partial charge on any atom is 0.231 e. The summed E-state index contributed by atoms with van der Waals surface area (Å²) in [4.78, 5) is 0. The molecule has 0 aromatic heterocycles. The Balaban J connectivity index is 2.37. The molecular formula is C8H7BrO4S. The molecule has 14 heavy (non-hydrogen) atoms. The van der Waals surface area contributed by atoms with Crippen LogP contribution < -0.4 is 9.47 Å². The first-order valence-electron chi connectivity index (χ1n) is 3.82. The molecule has 0 bridgehead atoms. The molecule has 6 heteroatoms. The fourth-order valence-electron chi connectivity index (χ4n) is 1.20. The van der Waals surface area contributed by atoms with E-state index in [0.29, 0.717) is 11.5 Å². The quantitative estimate of drug-likeness (QED) is 0.840. The fourth-order valence-corrected chi connectivity index (χ4v) is 2.36. The molecule has 0 fully saturated rings. The van der Waals surface area contributed by atoms with E-state index in [-0.39, 0.29) is 12.5 Å². The number of rotatable bonds is 2.